The fraction of sp³-hybridized carbons (Fsp3) is 0.632. The maximum Gasteiger partial charge on any atom is 0.253 e. The first-order valence-corrected chi connectivity index (χ1v) is 9.23. The van der Waals surface area contributed by atoms with Crippen LogP contribution < -0.4 is 4.74 Å². The summed E-state index contributed by atoms with van der Waals surface area (Å²) in [5.74, 6) is 0.909. The third-order valence-corrected chi connectivity index (χ3v) is 5.01. The van der Waals surface area contributed by atoms with Crippen LogP contribution in [0.15, 0.2) is 24.3 Å². The number of nitrogens with zero attached hydrogens (tertiary/aromatic N) is 2. The van der Waals surface area contributed by atoms with E-state index in [1.54, 1.807) is 0 Å². The van der Waals surface area contributed by atoms with Crippen molar-refractivity contribution in [2.45, 2.75) is 37.9 Å². The zero-order valence-electron chi connectivity index (χ0n) is 14.6. The molecule has 25 heavy (non-hydrogen) atoms. The number of aliphatic hydroxyl groups is 2. The highest BCUT2D eigenvalue weighted by Crippen LogP contribution is 2.21. The number of amides is 1. The van der Waals surface area contributed by atoms with E-state index in [-0.39, 0.29) is 18.6 Å². The summed E-state index contributed by atoms with van der Waals surface area (Å²) in [5.41, 5.74) is 0.724. The maximum atomic E-state index is 12.3. The largest absolute Gasteiger partial charge is 0.490 e. The van der Waals surface area contributed by atoms with Crippen molar-refractivity contribution >= 4 is 5.91 Å². The first-order chi connectivity index (χ1) is 12.2. The standard InChI is InChI=1S/C19H28N2O4/c22-14-16(23)13-20-11-7-18(8-12-20)25-17-5-3-15(4-6-17)19(24)21-9-1-2-10-21/h3-6,16,18,22-23H,1-2,7-14H2. The molecule has 0 saturated carbocycles. The summed E-state index contributed by atoms with van der Waals surface area (Å²) in [5, 5.41) is 18.4. The van der Waals surface area contributed by atoms with Crippen molar-refractivity contribution in [1.29, 1.82) is 0 Å². The van der Waals surface area contributed by atoms with Gasteiger partial charge in [0, 0.05) is 38.3 Å². The normalized spacial score (nSPS) is 20.6. The van der Waals surface area contributed by atoms with Crippen LogP contribution in [-0.4, -0.2) is 77.5 Å². The number of carbonyl (C=O) groups is 1. The summed E-state index contributed by atoms with van der Waals surface area (Å²) in [6.45, 7) is 3.75. The molecule has 1 atom stereocenters. The van der Waals surface area contributed by atoms with E-state index in [1.807, 2.05) is 29.2 Å². The number of carbonyl (C=O) groups excluding carboxylic acids is 1. The number of likely N-dealkylation sites (tertiary alicyclic amines) is 2. The Labute approximate surface area is 149 Å². The molecule has 138 valence electrons. The lowest BCUT2D eigenvalue weighted by atomic mass is 10.1. The van der Waals surface area contributed by atoms with Gasteiger partial charge in [-0.2, -0.15) is 0 Å². The highest BCUT2D eigenvalue weighted by atomic mass is 16.5. The molecule has 2 heterocycles. The lowest BCUT2D eigenvalue weighted by Crippen LogP contribution is -2.42. The Morgan fingerprint density at radius 3 is 2.36 bits per heavy atom. The Bertz CT molecular complexity index is 549. The van der Waals surface area contributed by atoms with Gasteiger partial charge in [-0.1, -0.05) is 0 Å². The smallest absolute Gasteiger partial charge is 0.253 e. The molecule has 0 aromatic heterocycles. The van der Waals surface area contributed by atoms with Gasteiger partial charge in [-0.15, -0.1) is 0 Å². The van der Waals surface area contributed by atoms with E-state index in [1.165, 1.54) is 0 Å². The molecule has 1 unspecified atom stereocenters. The minimum Gasteiger partial charge on any atom is -0.490 e. The topological polar surface area (TPSA) is 73.2 Å². The van der Waals surface area contributed by atoms with Crippen LogP contribution in [0.4, 0.5) is 0 Å². The summed E-state index contributed by atoms with van der Waals surface area (Å²) in [4.78, 5) is 16.4. The molecular formula is C19H28N2O4. The van der Waals surface area contributed by atoms with E-state index >= 15 is 0 Å². The average Bonchev–Trinajstić information content (AvgIpc) is 3.18. The molecule has 6 nitrogen and oxygen atoms in total. The number of piperidine rings is 1. The van der Waals surface area contributed by atoms with Crippen molar-refractivity contribution in [3.8, 4) is 5.75 Å². The van der Waals surface area contributed by atoms with Crippen LogP contribution in [0.1, 0.15) is 36.0 Å². The van der Waals surface area contributed by atoms with Crippen LogP contribution in [0.25, 0.3) is 0 Å². The summed E-state index contributed by atoms with van der Waals surface area (Å²) >= 11 is 0. The van der Waals surface area contributed by atoms with Crippen molar-refractivity contribution in [1.82, 2.24) is 9.80 Å². The second-order valence-electron chi connectivity index (χ2n) is 6.98. The van der Waals surface area contributed by atoms with Gasteiger partial charge in [0.05, 0.1) is 12.7 Å². The van der Waals surface area contributed by atoms with Gasteiger partial charge in [0.15, 0.2) is 0 Å². The van der Waals surface area contributed by atoms with E-state index < -0.39 is 6.10 Å². The van der Waals surface area contributed by atoms with Gasteiger partial charge in [0.1, 0.15) is 11.9 Å². The molecule has 1 aromatic rings. The van der Waals surface area contributed by atoms with Crippen LogP contribution in [0, 0.1) is 0 Å². The van der Waals surface area contributed by atoms with Crippen LogP contribution in [0.5, 0.6) is 5.75 Å². The van der Waals surface area contributed by atoms with E-state index in [0.29, 0.717) is 6.54 Å². The second-order valence-corrected chi connectivity index (χ2v) is 6.98. The number of hydrogen-bond donors (Lipinski definition) is 2. The fourth-order valence-corrected chi connectivity index (χ4v) is 3.54. The molecule has 2 aliphatic rings. The van der Waals surface area contributed by atoms with Crippen molar-refractivity contribution in [2.24, 2.45) is 0 Å². The molecule has 1 aromatic carbocycles. The molecule has 2 fully saturated rings. The predicted octanol–water partition coefficient (Wildman–Crippen LogP) is 1.12. The number of ether oxygens (including phenoxy) is 1. The predicted molar refractivity (Wildman–Crippen MR) is 94.8 cm³/mol. The average molecular weight is 348 g/mol. The highest BCUT2D eigenvalue weighted by molar-refractivity contribution is 5.94. The zero-order chi connectivity index (χ0) is 17.6. The number of β-amino-alcohol motifs (C(OH)–C–C–N with tert-alkyl or cyclic N) is 1. The van der Waals surface area contributed by atoms with Crippen molar-refractivity contribution < 1.29 is 19.7 Å². The lowest BCUT2D eigenvalue weighted by Gasteiger charge is -2.33. The number of benzene rings is 1. The van der Waals surface area contributed by atoms with Gasteiger partial charge < -0.3 is 24.7 Å². The summed E-state index contributed by atoms with van der Waals surface area (Å²) in [7, 11) is 0. The second kappa shape index (κ2) is 8.65. The Morgan fingerprint density at radius 2 is 1.76 bits per heavy atom. The monoisotopic (exact) mass is 348 g/mol. The van der Waals surface area contributed by atoms with Gasteiger partial charge in [-0.05, 0) is 49.9 Å². The maximum absolute atomic E-state index is 12.3. The van der Waals surface area contributed by atoms with E-state index in [2.05, 4.69) is 4.90 Å². The number of rotatable bonds is 6. The summed E-state index contributed by atoms with van der Waals surface area (Å²) < 4.78 is 6.03. The van der Waals surface area contributed by atoms with Crippen LogP contribution in [0.2, 0.25) is 0 Å². The zero-order valence-corrected chi connectivity index (χ0v) is 14.6. The number of aliphatic hydroxyl groups excluding tert-OH is 2. The van der Waals surface area contributed by atoms with E-state index in [4.69, 9.17) is 9.84 Å². The van der Waals surface area contributed by atoms with Crippen LogP contribution >= 0.6 is 0 Å². The van der Waals surface area contributed by atoms with Gasteiger partial charge >= 0.3 is 0 Å². The first kappa shape index (κ1) is 18.2. The molecule has 0 radical (unpaired) electrons. The third-order valence-electron chi connectivity index (χ3n) is 5.01. The van der Waals surface area contributed by atoms with Crippen molar-refractivity contribution in [3.63, 3.8) is 0 Å². The lowest BCUT2D eigenvalue weighted by molar-refractivity contribution is 0.0346. The van der Waals surface area contributed by atoms with E-state index in [0.717, 1.165) is 63.2 Å². The minimum absolute atomic E-state index is 0.111. The molecule has 0 bridgehead atoms. The SMILES string of the molecule is O=C(c1ccc(OC2CCN(CC(O)CO)CC2)cc1)N1CCCC1. The molecule has 0 aliphatic carbocycles. The molecule has 6 heteroatoms. The quantitative estimate of drug-likeness (QED) is 0.806. The summed E-state index contributed by atoms with van der Waals surface area (Å²) in [6.07, 6.45) is 3.47. The fourth-order valence-electron chi connectivity index (χ4n) is 3.54. The Balaban J connectivity index is 1.47. The summed E-state index contributed by atoms with van der Waals surface area (Å²) in [6, 6.07) is 7.46. The van der Waals surface area contributed by atoms with Crippen LogP contribution in [0.3, 0.4) is 0 Å². The minimum atomic E-state index is -0.668. The van der Waals surface area contributed by atoms with Gasteiger partial charge in [0.25, 0.3) is 5.91 Å². The molecule has 1 amide bonds. The van der Waals surface area contributed by atoms with Gasteiger partial charge in [-0.3, -0.25) is 4.79 Å². The number of hydrogen-bond acceptors (Lipinski definition) is 5. The molecule has 2 saturated heterocycles. The van der Waals surface area contributed by atoms with E-state index in [9.17, 15) is 9.90 Å². The molecule has 2 aliphatic heterocycles. The molecule has 2 N–H and O–H groups in total. The highest BCUT2D eigenvalue weighted by Gasteiger charge is 2.23. The van der Waals surface area contributed by atoms with Gasteiger partial charge in [0.2, 0.25) is 0 Å². The Hall–Kier alpha value is -1.63. The molecule has 0 spiro atoms. The first-order valence-electron chi connectivity index (χ1n) is 9.23. The van der Waals surface area contributed by atoms with Crippen molar-refractivity contribution in [3.05, 3.63) is 29.8 Å². The molecular weight excluding hydrogens is 320 g/mol. The van der Waals surface area contributed by atoms with Crippen molar-refractivity contribution in [2.75, 3.05) is 39.3 Å². The Kier molecular flexibility index (Phi) is 6.29. The third kappa shape index (κ3) is 4.93. The molecule has 3 rings (SSSR count). The van der Waals surface area contributed by atoms with Gasteiger partial charge in [-0.25, -0.2) is 0 Å². The van der Waals surface area contributed by atoms with Crippen LogP contribution in [-0.2, 0) is 0 Å². The Morgan fingerprint density at radius 1 is 1.12 bits per heavy atom.